The summed E-state index contributed by atoms with van der Waals surface area (Å²) in [4.78, 5) is 4.11. The summed E-state index contributed by atoms with van der Waals surface area (Å²) in [5.74, 6) is 0. The van der Waals surface area contributed by atoms with Crippen LogP contribution in [0.25, 0.3) is 0 Å². The summed E-state index contributed by atoms with van der Waals surface area (Å²) in [6.45, 7) is 0.777. The van der Waals surface area contributed by atoms with Crippen LogP contribution in [0.1, 0.15) is 12.0 Å². The third kappa shape index (κ3) is 3.87. The third-order valence-corrected chi connectivity index (χ3v) is 4.75. The van der Waals surface area contributed by atoms with E-state index in [4.69, 9.17) is 5.11 Å². The molecule has 0 saturated heterocycles. The van der Waals surface area contributed by atoms with E-state index in [1.165, 1.54) is 28.4 Å². The summed E-state index contributed by atoms with van der Waals surface area (Å²) < 4.78 is 27.6. The minimum absolute atomic E-state index is 0.0445. The van der Waals surface area contributed by atoms with E-state index in [1.54, 1.807) is 18.5 Å². The van der Waals surface area contributed by atoms with Crippen LogP contribution in [0.3, 0.4) is 0 Å². The van der Waals surface area contributed by atoms with Crippen molar-refractivity contribution in [2.45, 2.75) is 24.4 Å². The molecule has 0 spiro atoms. The molecule has 0 fully saturated rings. The van der Waals surface area contributed by atoms with Crippen LogP contribution in [0.15, 0.2) is 41.8 Å². The minimum atomic E-state index is -3.58. The highest BCUT2D eigenvalue weighted by Gasteiger charge is 2.22. The first-order chi connectivity index (χ1) is 10.0. The molecule has 0 aliphatic rings. The van der Waals surface area contributed by atoms with Crippen LogP contribution in [0.4, 0.5) is 0 Å². The van der Waals surface area contributed by atoms with E-state index in [-0.39, 0.29) is 18.0 Å². The van der Waals surface area contributed by atoms with Gasteiger partial charge in [-0.15, -0.1) is 0 Å². The summed E-state index contributed by atoms with van der Waals surface area (Å²) in [6.07, 6.45) is 6.61. The fraction of sp³-hybridized carbons (Fsp3) is 0.385. The molecule has 0 radical (unpaired) electrons. The van der Waals surface area contributed by atoms with Gasteiger partial charge in [-0.3, -0.25) is 9.67 Å². The number of sulfonamides is 1. The van der Waals surface area contributed by atoms with Gasteiger partial charge < -0.3 is 5.11 Å². The second-order valence-corrected chi connectivity index (χ2v) is 6.68. The minimum Gasteiger partial charge on any atom is -0.396 e. The number of pyridine rings is 1. The Morgan fingerprint density at radius 3 is 2.86 bits per heavy atom. The second kappa shape index (κ2) is 6.79. The molecule has 2 aromatic heterocycles. The second-order valence-electron chi connectivity index (χ2n) is 4.64. The molecule has 0 atom stereocenters. The third-order valence-electron chi connectivity index (χ3n) is 2.99. The van der Waals surface area contributed by atoms with Crippen LogP contribution in [0.2, 0.25) is 0 Å². The molecule has 0 bridgehead atoms. The Kier molecular flexibility index (Phi) is 5.05. The molecule has 0 amide bonds. The quantitative estimate of drug-likeness (QED) is 0.803. The highest BCUT2D eigenvalue weighted by molar-refractivity contribution is 7.89. The van der Waals surface area contributed by atoms with Gasteiger partial charge in [-0.05, 0) is 18.1 Å². The number of aryl methyl sites for hydroxylation is 1. The van der Waals surface area contributed by atoms with Crippen molar-refractivity contribution in [1.82, 2.24) is 19.1 Å². The van der Waals surface area contributed by atoms with Crippen molar-refractivity contribution in [3.8, 4) is 0 Å². The van der Waals surface area contributed by atoms with E-state index >= 15 is 0 Å². The molecule has 2 rings (SSSR count). The van der Waals surface area contributed by atoms with E-state index in [9.17, 15) is 8.42 Å². The maximum absolute atomic E-state index is 12.4. The average molecular weight is 310 g/mol. The number of nitrogens with zero attached hydrogens (tertiary/aromatic N) is 4. The molecule has 114 valence electrons. The Balaban J connectivity index is 2.11. The van der Waals surface area contributed by atoms with Crippen molar-refractivity contribution >= 4 is 10.0 Å². The van der Waals surface area contributed by atoms with Crippen LogP contribution in [0, 0.1) is 0 Å². The Morgan fingerprint density at radius 1 is 1.38 bits per heavy atom. The zero-order chi connectivity index (χ0) is 15.3. The first-order valence-corrected chi connectivity index (χ1v) is 7.96. The molecular formula is C13H18N4O3S. The SMILES string of the molecule is CN(Cc1cccnc1)S(=O)(=O)c1cnn(CCCO)c1. The Morgan fingerprint density at radius 2 is 2.19 bits per heavy atom. The molecule has 0 aromatic carbocycles. The van der Waals surface area contributed by atoms with Gasteiger partial charge in [-0.25, -0.2) is 8.42 Å². The fourth-order valence-electron chi connectivity index (χ4n) is 1.85. The summed E-state index contributed by atoms with van der Waals surface area (Å²) in [5.41, 5.74) is 0.816. The van der Waals surface area contributed by atoms with E-state index in [0.29, 0.717) is 13.0 Å². The lowest BCUT2D eigenvalue weighted by Gasteiger charge is -2.15. The van der Waals surface area contributed by atoms with Crippen molar-refractivity contribution in [2.75, 3.05) is 13.7 Å². The molecule has 7 nitrogen and oxygen atoms in total. The van der Waals surface area contributed by atoms with Crippen LogP contribution in [0.5, 0.6) is 0 Å². The van der Waals surface area contributed by atoms with Crippen molar-refractivity contribution in [3.63, 3.8) is 0 Å². The highest BCUT2D eigenvalue weighted by atomic mass is 32.2. The maximum atomic E-state index is 12.4. The van der Waals surface area contributed by atoms with E-state index in [2.05, 4.69) is 10.1 Å². The molecular weight excluding hydrogens is 292 g/mol. The summed E-state index contributed by atoms with van der Waals surface area (Å²) >= 11 is 0. The largest absolute Gasteiger partial charge is 0.396 e. The van der Waals surface area contributed by atoms with Crippen molar-refractivity contribution in [2.24, 2.45) is 0 Å². The molecule has 0 saturated carbocycles. The van der Waals surface area contributed by atoms with Gasteiger partial charge >= 0.3 is 0 Å². The first-order valence-electron chi connectivity index (χ1n) is 6.52. The van der Waals surface area contributed by atoms with Gasteiger partial charge in [0.1, 0.15) is 4.90 Å². The highest BCUT2D eigenvalue weighted by Crippen LogP contribution is 2.15. The average Bonchev–Trinajstić information content (AvgIpc) is 2.95. The zero-order valence-electron chi connectivity index (χ0n) is 11.8. The lowest BCUT2D eigenvalue weighted by atomic mass is 10.3. The molecule has 2 aromatic rings. The number of aliphatic hydroxyl groups is 1. The monoisotopic (exact) mass is 310 g/mol. The van der Waals surface area contributed by atoms with Gasteiger partial charge in [0.05, 0.1) is 6.20 Å². The van der Waals surface area contributed by atoms with Gasteiger partial charge in [0.25, 0.3) is 0 Å². The number of aromatic nitrogens is 3. The Hall–Kier alpha value is -1.77. The molecule has 8 heteroatoms. The molecule has 1 N–H and O–H groups in total. The van der Waals surface area contributed by atoms with E-state index in [1.807, 2.05) is 6.07 Å². The predicted molar refractivity (Wildman–Crippen MR) is 76.8 cm³/mol. The number of hydrogen-bond acceptors (Lipinski definition) is 5. The van der Waals surface area contributed by atoms with Gasteiger partial charge in [-0.1, -0.05) is 6.07 Å². The molecule has 0 aliphatic carbocycles. The molecule has 0 aliphatic heterocycles. The van der Waals surface area contributed by atoms with Crippen molar-refractivity contribution in [3.05, 3.63) is 42.5 Å². The molecule has 0 unspecified atom stereocenters. The lowest BCUT2D eigenvalue weighted by Crippen LogP contribution is -2.26. The van der Waals surface area contributed by atoms with Crippen molar-refractivity contribution in [1.29, 1.82) is 0 Å². The van der Waals surface area contributed by atoms with Gasteiger partial charge in [-0.2, -0.15) is 9.40 Å². The smallest absolute Gasteiger partial charge is 0.246 e. The number of hydrogen-bond donors (Lipinski definition) is 1. The van der Waals surface area contributed by atoms with Crippen molar-refractivity contribution < 1.29 is 13.5 Å². The van der Waals surface area contributed by atoms with Crippen LogP contribution < -0.4 is 0 Å². The lowest BCUT2D eigenvalue weighted by molar-refractivity contribution is 0.277. The van der Waals surface area contributed by atoms with Gasteiger partial charge in [0, 0.05) is 45.3 Å². The van der Waals surface area contributed by atoms with Crippen LogP contribution in [-0.4, -0.2) is 46.2 Å². The molecule has 21 heavy (non-hydrogen) atoms. The fourth-order valence-corrected chi connectivity index (χ4v) is 2.96. The number of rotatable bonds is 7. The van der Waals surface area contributed by atoms with Gasteiger partial charge in [0.15, 0.2) is 0 Å². The summed E-state index contributed by atoms with van der Waals surface area (Å²) in [6, 6.07) is 3.59. The normalized spacial score (nSPS) is 12.0. The Bertz CT molecular complexity index is 670. The zero-order valence-corrected chi connectivity index (χ0v) is 12.6. The van der Waals surface area contributed by atoms with E-state index in [0.717, 1.165) is 5.56 Å². The Labute approximate surface area is 123 Å². The molecule has 2 heterocycles. The topological polar surface area (TPSA) is 88.3 Å². The maximum Gasteiger partial charge on any atom is 0.246 e. The predicted octanol–water partition coefficient (Wildman–Crippen LogP) is 0.481. The van der Waals surface area contributed by atoms with Crippen LogP contribution in [-0.2, 0) is 23.1 Å². The van der Waals surface area contributed by atoms with Crippen LogP contribution >= 0.6 is 0 Å². The number of aliphatic hydroxyl groups excluding tert-OH is 1. The summed E-state index contributed by atoms with van der Waals surface area (Å²) in [7, 11) is -2.06. The van der Waals surface area contributed by atoms with E-state index < -0.39 is 10.0 Å². The first kappa shape index (κ1) is 15.6. The summed E-state index contributed by atoms with van der Waals surface area (Å²) in [5, 5.41) is 12.8. The van der Waals surface area contributed by atoms with Gasteiger partial charge in [0.2, 0.25) is 10.0 Å². The standard InChI is InChI=1S/C13H18N4O3S/c1-16(10-12-4-2-5-14-8-12)21(19,20)13-9-15-17(11-13)6-3-7-18/h2,4-5,8-9,11,18H,3,6-7,10H2,1H3.